The van der Waals surface area contributed by atoms with Gasteiger partial charge >= 0.3 is 0 Å². The summed E-state index contributed by atoms with van der Waals surface area (Å²) in [6.45, 7) is 0.294. The van der Waals surface area contributed by atoms with E-state index in [0.29, 0.717) is 12.3 Å². The molecule has 7 heteroatoms. The third kappa shape index (κ3) is 2.16. The van der Waals surface area contributed by atoms with Crippen molar-refractivity contribution in [2.45, 2.75) is 6.61 Å². The van der Waals surface area contributed by atoms with E-state index in [9.17, 15) is 4.79 Å². The fraction of sp³-hybridized carbons (Fsp3) is 0.176. The van der Waals surface area contributed by atoms with Crippen molar-refractivity contribution < 1.29 is 14.3 Å². The minimum absolute atomic E-state index is 0.221. The summed E-state index contributed by atoms with van der Waals surface area (Å²) in [5, 5.41) is 11.2. The van der Waals surface area contributed by atoms with Crippen molar-refractivity contribution in [2.24, 2.45) is 0 Å². The topological polar surface area (TPSA) is 65.4 Å². The summed E-state index contributed by atoms with van der Waals surface area (Å²) in [6, 6.07) is 7.64. The van der Waals surface area contributed by atoms with Gasteiger partial charge in [0.05, 0.1) is 18.5 Å². The molecular weight excluding hydrogens is 326 g/mol. The summed E-state index contributed by atoms with van der Waals surface area (Å²) in [6.07, 6.45) is 0. The quantitative estimate of drug-likeness (QED) is 0.795. The van der Waals surface area contributed by atoms with E-state index in [1.807, 2.05) is 39.7 Å². The summed E-state index contributed by atoms with van der Waals surface area (Å²) in [5.74, 6) is 1.23. The average Bonchev–Trinajstić information content (AvgIpc) is 3.27. The molecule has 0 spiro atoms. The largest absolute Gasteiger partial charge is 0.497 e. The number of rotatable bonds is 3. The Kier molecular flexibility index (Phi) is 3.50. The van der Waals surface area contributed by atoms with Gasteiger partial charge in [0.2, 0.25) is 0 Å². The minimum Gasteiger partial charge on any atom is -0.497 e. The molecule has 0 saturated heterocycles. The maximum Gasteiger partial charge on any atom is 0.271 e. The Labute approximate surface area is 142 Å². The molecule has 0 bridgehead atoms. The summed E-state index contributed by atoms with van der Waals surface area (Å²) >= 11 is 1.58. The molecule has 3 aromatic rings. The van der Waals surface area contributed by atoms with Gasteiger partial charge in [0.15, 0.2) is 5.69 Å². The Morgan fingerprint density at radius 3 is 3.00 bits per heavy atom. The summed E-state index contributed by atoms with van der Waals surface area (Å²) in [5.41, 5.74) is 3.88. The van der Waals surface area contributed by atoms with Crippen molar-refractivity contribution >= 4 is 17.2 Å². The molecule has 0 saturated carbocycles. The van der Waals surface area contributed by atoms with Crippen LogP contribution in [0.4, 0.5) is 0 Å². The second kappa shape index (κ2) is 5.68. The van der Waals surface area contributed by atoms with Crippen LogP contribution in [0.15, 0.2) is 35.0 Å². The number of nitrogens with zero attached hydrogens (tertiary/aromatic N) is 2. The van der Waals surface area contributed by atoms with Gasteiger partial charge in [-0.2, -0.15) is 16.4 Å². The predicted octanol–water partition coefficient (Wildman–Crippen LogP) is 2.86. The molecular formula is C17H15N3O3S. The molecule has 4 rings (SSSR count). The number of carbonyl (C=O) groups is 1. The zero-order valence-corrected chi connectivity index (χ0v) is 14.0. The normalized spacial score (nSPS) is 12.1. The first-order valence-corrected chi connectivity index (χ1v) is 8.35. The first-order chi connectivity index (χ1) is 11.7. The molecule has 3 heterocycles. The Bertz CT molecular complexity index is 916. The average molecular weight is 341 g/mol. The van der Waals surface area contributed by atoms with E-state index in [0.717, 1.165) is 34.0 Å². The van der Waals surface area contributed by atoms with Gasteiger partial charge < -0.3 is 14.8 Å². The number of hydrogen-bond acceptors (Lipinski definition) is 5. The Morgan fingerprint density at radius 1 is 1.42 bits per heavy atom. The van der Waals surface area contributed by atoms with Crippen LogP contribution in [0.25, 0.3) is 16.9 Å². The number of ether oxygens (including phenoxy) is 2. The molecule has 0 radical (unpaired) electrons. The molecule has 1 N–H and O–H groups in total. The molecule has 1 aliphatic heterocycles. The predicted molar refractivity (Wildman–Crippen MR) is 91.2 cm³/mol. The first kappa shape index (κ1) is 14.8. The zero-order chi connectivity index (χ0) is 16.7. The molecule has 1 amide bonds. The van der Waals surface area contributed by atoms with Crippen molar-refractivity contribution in [3.05, 3.63) is 46.3 Å². The summed E-state index contributed by atoms with van der Waals surface area (Å²) in [4.78, 5) is 12.2. The van der Waals surface area contributed by atoms with Crippen LogP contribution in [0.5, 0.6) is 11.5 Å². The van der Waals surface area contributed by atoms with Gasteiger partial charge in [-0.25, -0.2) is 4.68 Å². The highest BCUT2D eigenvalue weighted by Gasteiger charge is 2.30. The van der Waals surface area contributed by atoms with E-state index in [4.69, 9.17) is 9.47 Å². The van der Waals surface area contributed by atoms with Gasteiger partial charge in [-0.3, -0.25) is 4.79 Å². The van der Waals surface area contributed by atoms with Crippen molar-refractivity contribution in [1.29, 1.82) is 0 Å². The second-order valence-corrected chi connectivity index (χ2v) is 6.08. The van der Waals surface area contributed by atoms with Crippen LogP contribution < -0.4 is 14.8 Å². The number of benzene rings is 1. The Hall–Kier alpha value is -2.80. The molecule has 0 unspecified atom stereocenters. The third-order valence-corrected chi connectivity index (χ3v) is 4.66. The minimum atomic E-state index is -0.221. The summed E-state index contributed by atoms with van der Waals surface area (Å²) in [7, 11) is 3.22. The van der Waals surface area contributed by atoms with Crippen molar-refractivity contribution in [2.75, 3.05) is 14.2 Å². The van der Waals surface area contributed by atoms with Crippen molar-refractivity contribution in [3.63, 3.8) is 0 Å². The first-order valence-electron chi connectivity index (χ1n) is 7.40. The lowest BCUT2D eigenvalue weighted by molar-refractivity contribution is 0.0955. The molecule has 0 fully saturated rings. The van der Waals surface area contributed by atoms with E-state index < -0.39 is 0 Å². The highest BCUT2D eigenvalue weighted by atomic mass is 32.1. The molecule has 1 aliphatic rings. The monoisotopic (exact) mass is 341 g/mol. The van der Waals surface area contributed by atoms with Crippen LogP contribution in [0.3, 0.4) is 0 Å². The standard InChI is InChI=1S/C17H15N3O3S/c1-18-17(21)15-13-8-23-14-7-11(22-2)3-4-12(14)16(13)20(19-15)10-5-6-24-9-10/h3-7,9H,8H2,1-2H3,(H,18,21). The van der Waals surface area contributed by atoms with Crippen LogP contribution in [-0.4, -0.2) is 29.8 Å². The Morgan fingerprint density at radius 2 is 2.29 bits per heavy atom. The van der Waals surface area contributed by atoms with Crippen LogP contribution >= 0.6 is 11.3 Å². The lowest BCUT2D eigenvalue weighted by atomic mass is 10.0. The molecule has 24 heavy (non-hydrogen) atoms. The van der Waals surface area contributed by atoms with E-state index in [-0.39, 0.29) is 5.91 Å². The van der Waals surface area contributed by atoms with Gasteiger partial charge in [-0.15, -0.1) is 0 Å². The molecule has 1 aromatic carbocycles. The molecule has 2 aromatic heterocycles. The number of aromatic nitrogens is 2. The second-order valence-electron chi connectivity index (χ2n) is 5.30. The fourth-order valence-electron chi connectivity index (χ4n) is 2.82. The van der Waals surface area contributed by atoms with E-state index in [2.05, 4.69) is 10.4 Å². The van der Waals surface area contributed by atoms with Crippen LogP contribution in [0.2, 0.25) is 0 Å². The third-order valence-electron chi connectivity index (χ3n) is 3.99. The fourth-order valence-corrected chi connectivity index (χ4v) is 3.44. The number of amides is 1. The van der Waals surface area contributed by atoms with Crippen LogP contribution in [0.1, 0.15) is 16.1 Å². The number of thiophene rings is 1. The lowest BCUT2D eigenvalue weighted by Crippen LogP contribution is -2.21. The molecule has 122 valence electrons. The number of fused-ring (bicyclic) bond motifs is 3. The van der Waals surface area contributed by atoms with Gasteiger partial charge in [0, 0.05) is 29.6 Å². The molecule has 0 atom stereocenters. The number of nitrogens with one attached hydrogen (secondary N) is 1. The van der Waals surface area contributed by atoms with E-state index >= 15 is 0 Å². The highest BCUT2D eigenvalue weighted by Crippen LogP contribution is 2.41. The number of hydrogen-bond donors (Lipinski definition) is 1. The van der Waals surface area contributed by atoms with Crippen molar-refractivity contribution in [3.8, 4) is 28.4 Å². The Balaban J connectivity index is 1.97. The summed E-state index contributed by atoms with van der Waals surface area (Å²) < 4.78 is 12.9. The van der Waals surface area contributed by atoms with Crippen molar-refractivity contribution in [1.82, 2.24) is 15.1 Å². The number of methoxy groups -OCH3 is 1. The smallest absolute Gasteiger partial charge is 0.271 e. The van der Waals surface area contributed by atoms with Gasteiger partial charge in [-0.05, 0) is 23.6 Å². The highest BCUT2D eigenvalue weighted by molar-refractivity contribution is 7.08. The van der Waals surface area contributed by atoms with E-state index in [1.54, 1.807) is 25.5 Å². The van der Waals surface area contributed by atoms with Crippen LogP contribution in [0, 0.1) is 0 Å². The maximum atomic E-state index is 12.2. The maximum absolute atomic E-state index is 12.2. The molecule has 6 nitrogen and oxygen atoms in total. The SMILES string of the molecule is CNC(=O)c1nn(-c2ccsc2)c2c1COc1cc(OC)ccc1-2. The zero-order valence-electron chi connectivity index (χ0n) is 13.2. The number of carbonyl (C=O) groups excluding carboxylic acids is 1. The van der Waals surface area contributed by atoms with E-state index in [1.165, 1.54) is 0 Å². The van der Waals surface area contributed by atoms with Gasteiger partial charge in [0.1, 0.15) is 18.1 Å². The van der Waals surface area contributed by atoms with Gasteiger partial charge in [-0.1, -0.05) is 0 Å². The molecule has 0 aliphatic carbocycles. The lowest BCUT2D eigenvalue weighted by Gasteiger charge is -2.20. The van der Waals surface area contributed by atoms with Gasteiger partial charge in [0.25, 0.3) is 5.91 Å². The van der Waals surface area contributed by atoms with Crippen LogP contribution in [-0.2, 0) is 6.61 Å².